The lowest BCUT2D eigenvalue weighted by Gasteiger charge is -2.37. The number of para-hydroxylation sites is 1. The molecule has 1 unspecified atom stereocenters. The van der Waals surface area contributed by atoms with Gasteiger partial charge in [0.25, 0.3) is 11.8 Å². The predicted molar refractivity (Wildman–Crippen MR) is 135 cm³/mol. The Bertz CT molecular complexity index is 1260. The fourth-order valence-corrected chi connectivity index (χ4v) is 5.01. The summed E-state index contributed by atoms with van der Waals surface area (Å²) < 4.78 is 0. The van der Waals surface area contributed by atoms with Gasteiger partial charge in [0, 0.05) is 12.2 Å². The average Bonchev–Trinajstić information content (AvgIpc) is 3.17. The molecule has 0 aromatic heterocycles. The summed E-state index contributed by atoms with van der Waals surface area (Å²) in [6.07, 6.45) is 2.80. The van der Waals surface area contributed by atoms with E-state index in [9.17, 15) is 19.2 Å². The fourth-order valence-electron chi connectivity index (χ4n) is 5.01. The molecule has 3 aromatic carbocycles. The number of hydrogen-bond donors (Lipinski definition) is 0. The maximum atomic E-state index is 13.6. The third-order valence-corrected chi connectivity index (χ3v) is 6.84. The third-order valence-electron chi connectivity index (χ3n) is 6.84. The second-order valence-electron chi connectivity index (χ2n) is 9.07. The number of piperidine rings is 1. The van der Waals surface area contributed by atoms with E-state index in [0.717, 1.165) is 29.7 Å². The van der Waals surface area contributed by atoms with Gasteiger partial charge in [0.2, 0.25) is 11.8 Å². The molecule has 0 N–H and O–H groups in total. The highest BCUT2D eigenvalue weighted by Crippen LogP contribution is 2.31. The second-order valence-corrected chi connectivity index (χ2v) is 9.07. The van der Waals surface area contributed by atoms with Crippen LogP contribution < -0.4 is 4.90 Å². The highest BCUT2D eigenvalue weighted by atomic mass is 16.2. The molecule has 3 aromatic rings. The molecule has 7 heteroatoms. The highest BCUT2D eigenvalue weighted by molar-refractivity contribution is 6.22. The van der Waals surface area contributed by atoms with Crippen molar-refractivity contribution in [3.8, 4) is 0 Å². The zero-order chi connectivity index (χ0) is 25.1. The van der Waals surface area contributed by atoms with Crippen LogP contribution in [0, 0.1) is 0 Å². The molecular weight excluding hydrogens is 454 g/mol. The standard InChI is InChI=1S/C29H27N3O4/c33-26(30-18-10-9-17-25(30)21-11-3-1-4-12-21)19-31(22-13-5-2-6-14-22)27(34)20-32-28(35)23-15-7-8-16-24(23)29(32)36/h1-8,11-16,25H,9-10,17-20H2. The lowest BCUT2D eigenvalue weighted by atomic mass is 9.95. The molecule has 1 fully saturated rings. The molecule has 1 atom stereocenters. The summed E-state index contributed by atoms with van der Waals surface area (Å²) in [7, 11) is 0. The largest absolute Gasteiger partial charge is 0.334 e. The molecule has 4 amide bonds. The zero-order valence-electron chi connectivity index (χ0n) is 19.9. The summed E-state index contributed by atoms with van der Waals surface area (Å²) in [6.45, 7) is 0.0135. The molecule has 7 nitrogen and oxygen atoms in total. The van der Waals surface area contributed by atoms with Crippen molar-refractivity contribution in [3.05, 3.63) is 102 Å². The number of anilines is 1. The summed E-state index contributed by atoms with van der Waals surface area (Å²) in [5.74, 6) is -1.65. The minimum Gasteiger partial charge on any atom is -0.334 e. The Morgan fingerprint density at radius 3 is 2.00 bits per heavy atom. The molecule has 5 rings (SSSR count). The number of benzene rings is 3. The average molecular weight is 482 g/mol. The number of rotatable bonds is 6. The van der Waals surface area contributed by atoms with E-state index in [4.69, 9.17) is 0 Å². The van der Waals surface area contributed by atoms with Crippen LogP contribution in [0.25, 0.3) is 0 Å². The molecule has 0 saturated carbocycles. The Kier molecular flexibility index (Phi) is 6.62. The molecular formula is C29H27N3O4. The van der Waals surface area contributed by atoms with E-state index in [1.165, 1.54) is 4.90 Å². The van der Waals surface area contributed by atoms with Crippen LogP contribution in [0.5, 0.6) is 0 Å². The Morgan fingerprint density at radius 1 is 0.778 bits per heavy atom. The number of hydrogen-bond acceptors (Lipinski definition) is 4. The third kappa shape index (κ3) is 4.52. The van der Waals surface area contributed by atoms with Crippen LogP contribution in [0.15, 0.2) is 84.9 Å². The van der Waals surface area contributed by atoms with Gasteiger partial charge in [-0.15, -0.1) is 0 Å². The number of imide groups is 1. The summed E-state index contributed by atoms with van der Waals surface area (Å²) in [4.78, 5) is 57.0. The lowest BCUT2D eigenvalue weighted by Crippen LogP contribution is -2.49. The Labute approximate surface area is 209 Å². The van der Waals surface area contributed by atoms with E-state index >= 15 is 0 Å². The van der Waals surface area contributed by atoms with Gasteiger partial charge in [-0.2, -0.15) is 0 Å². The van der Waals surface area contributed by atoms with Crippen LogP contribution in [-0.2, 0) is 9.59 Å². The Hall–Kier alpha value is -4.26. The molecule has 36 heavy (non-hydrogen) atoms. The SMILES string of the molecule is O=C1c2ccccc2C(=O)N1CC(=O)N(CC(=O)N1CCCCC1c1ccccc1)c1ccccc1. The molecule has 1 saturated heterocycles. The number of amides is 4. The van der Waals surface area contributed by atoms with Crippen molar-refractivity contribution in [1.82, 2.24) is 9.80 Å². The fraction of sp³-hybridized carbons (Fsp3) is 0.241. The van der Waals surface area contributed by atoms with Crippen LogP contribution in [0.1, 0.15) is 51.6 Å². The highest BCUT2D eigenvalue weighted by Gasteiger charge is 2.38. The van der Waals surface area contributed by atoms with Crippen LogP contribution in [-0.4, -0.2) is 53.1 Å². The van der Waals surface area contributed by atoms with E-state index in [1.807, 2.05) is 41.3 Å². The van der Waals surface area contributed by atoms with Gasteiger partial charge >= 0.3 is 0 Å². The molecule has 0 spiro atoms. The number of likely N-dealkylation sites (tertiary alicyclic amines) is 1. The lowest BCUT2D eigenvalue weighted by molar-refractivity contribution is -0.135. The van der Waals surface area contributed by atoms with Crippen molar-refractivity contribution >= 4 is 29.3 Å². The maximum Gasteiger partial charge on any atom is 0.262 e. The predicted octanol–water partition coefficient (Wildman–Crippen LogP) is 4.07. The minimum atomic E-state index is -0.497. The first-order valence-corrected chi connectivity index (χ1v) is 12.2. The van der Waals surface area contributed by atoms with E-state index in [0.29, 0.717) is 12.2 Å². The van der Waals surface area contributed by atoms with E-state index in [2.05, 4.69) is 0 Å². The van der Waals surface area contributed by atoms with Gasteiger partial charge in [0.15, 0.2) is 0 Å². The topological polar surface area (TPSA) is 78.0 Å². The van der Waals surface area contributed by atoms with Crippen molar-refractivity contribution < 1.29 is 19.2 Å². The molecule has 182 valence electrons. The minimum absolute atomic E-state index is 0.0450. The van der Waals surface area contributed by atoms with Gasteiger partial charge in [-0.3, -0.25) is 24.1 Å². The van der Waals surface area contributed by atoms with E-state index in [1.54, 1.807) is 48.5 Å². The van der Waals surface area contributed by atoms with E-state index < -0.39 is 24.3 Å². The number of carbonyl (C=O) groups excluding carboxylic acids is 4. The van der Waals surface area contributed by atoms with Gasteiger partial charge in [0.05, 0.1) is 17.2 Å². The van der Waals surface area contributed by atoms with Crippen molar-refractivity contribution in [2.24, 2.45) is 0 Å². The van der Waals surface area contributed by atoms with Crippen LogP contribution >= 0.6 is 0 Å². The number of nitrogens with zero attached hydrogens (tertiary/aromatic N) is 3. The molecule has 0 bridgehead atoms. The van der Waals surface area contributed by atoms with Crippen molar-refractivity contribution in [3.63, 3.8) is 0 Å². The van der Waals surface area contributed by atoms with Gasteiger partial charge in [-0.1, -0.05) is 60.7 Å². The zero-order valence-corrected chi connectivity index (χ0v) is 19.9. The first-order chi connectivity index (χ1) is 17.5. The monoisotopic (exact) mass is 481 g/mol. The first kappa shape index (κ1) is 23.5. The molecule has 0 radical (unpaired) electrons. The molecule has 2 heterocycles. The Morgan fingerprint density at radius 2 is 1.36 bits per heavy atom. The number of carbonyl (C=O) groups is 4. The van der Waals surface area contributed by atoms with Gasteiger partial charge in [-0.25, -0.2) is 0 Å². The number of fused-ring (bicyclic) bond motifs is 1. The van der Waals surface area contributed by atoms with Gasteiger partial charge in [-0.05, 0) is 49.1 Å². The Balaban J connectivity index is 1.38. The van der Waals surface area contributed by atoms with Crippen molar-refractivity contribution in [2.45, 2.75) is 25.3 Å². The van der Waals surface area contributed by atoms with Crippen LogP contribution in [0.2, 0.25) is 0 Å². The molecule has 0 aliphatic carbocycles. The normalized spacial score (nSPS) is 17.2. The summed E-state index contributed by atoms with van der Waals surface area (Å²) in [5, 5.41) is 0. The van der Waals surface area contributed by atoms with Crippen LogP contribution in [0.4, 0.5) is 5.69 Å². The van der Waals surface area contributed by atoms with Crippen molar-refractivity contribution in [1.29, 1.82) is 0 Å². The van der Waals surface area contributed by atoms with Crippen LogP contribution in [0.3, 0.4) is 0 Å². The summed E-state index contributed by atoms with van der Waals surface area (Å²) in [5.41, 5.74) is 2.20. The quantitative estimate of drug-likeness (QED) is 0.498. The summed E-state index contributed by atoms with van der Waals surface area (Å²) in [6, 6.07) is 25.3. The van der Waals surface area contributed by atoms with Crippen molar-refractivity contribution in [2.75, 3.05) is 24.5 Å². The molecule has 2 aliphatic rings. The molecule has 2 aliphatic heterocycles. The summed E-state index contributed by atoms with van der Waals surface area (Å²) >= 11 is 0. The smallest absolute Gasteiger partial charge is 0.262 e. The first-order valence-electron chi connectivity index (χ1n) is 12.2. The van der Waals surface area contributed by atoms with Gasteiger partial charge in [0.1, 0.15) is 13.1 Å². The maximum absolute atomic E-state index is 13.6. The van der Waals surface area contributed by atoms with Gasteiger partial charge < -0.3 is 9.80 Å². The second kappa shape index (κ2) is 10.2. The van der Waals surface area contributed by atoms with E-state index in [-0.39, 0.29) is 29.6 Å².